The van der Waals surface area contributed by atoms with E-state index in [1.807, 2.05) is 48.5 Å². The molecule has 224 valence electrons. The highest BCUT2D eigenvalue weighted by Crippen LogP contribution is 2.48. The highest BCUT2D eigenvalue weighted by molar-refractivity contribution is 7.34. The van der Waals surface area contributed by atoms with E-state index in [0.29, 0.717) is 12.8 Å². The molecular weight excluding hydrogens is 672 g/mol. The largest absolute Gasteiger partial charge is 0.455 e. The molecule has 0 bridgehead atoms. The van der Waals surface area contributed by atoms with Crippen LogP contribution in [-0.2, 0) is 27.1 Å². The van der Waals surface area contributed by atoms with Crippen molar-refractivity contribution < 1.29 is 19.4 Å². The molecule has 4 aromatic heterocycles. The predicted molar refractivity (Wildman–Crippen MR) is 188 cm³/mol. The number of carbonyl (C=O) groups excluding carboxylic acids is 1. The van der Waals surface area contributed by atoms with E-state index in [1.54, 1.807) is 45.3 Å². The molecule has 0 saturated carbocycles. The monoisotopic (exact) mass is 696 g/mol. The molecule has 0 amide bonds. The van der Waals surface area contributed by atoms with E-state index in [2.05, 4.69) is 36.4 Å². The molecular formula is C34H26Cl2O4S4. The van der Waals surface area contributed by atoms with Crippen molar-refractivity contribution in [2.75, 3.05) is 11.8 Å². The van der Waals surface area contributed by atoms with Gasteiger partial charge in [-0.2, -0.15) is 0 Å². The minimum atomic E-state index is -1.03. The second-order valence-corrected chi connectivity index (χ2v) is 15.4. The van der Waals surface area contributed by atoms with Gasteiger partial charge in [0.15, 0.2) is 6.29 Å². The Morgan fingerprint density at radius 2 is 1.18 bits per heavy atom. The molecule has 0 fully saturated rings. The average Bonchev–Trinajstić information content (AvgIpc) is 3.80. The van der Waals surface area contributed by atoms with Crippen LogP contribution in [0.5, 0.6) is 0 Å². The maximum Gasteiger partial charge on any atom is 0.321 e. The Kier molecular flexibility index (Phi) is 8.95. The summed E-state index contributed by atoms with van der Waals surface area (Å²) in [5.41, 5.74) is 2.25. The Morgan fingerprint density at radius 1 is 0.682 bits per heavy atom. The van der Waals surface area contributed by atoms with Gasteiger partial charge in [0.2, 0.25) is 0 Å². The lowest BCUT2D eigenvalue weighted by molar-refractivity contribution is -0.146. The summed E-state index contributed by atoms with van der Waals surface area (Å²) in [5, 5.41) is 12.7. The maximum absolute atomic E-state index is 12.2. The topological polar surface area (TPSA) is 55.8 Å². The van der Waals surface area contributed by atoms with E-state index < -0.39 is 12.3 Å². The standard InChI is InChI=1S/C34H26Cl2O4S4/c35-17-31(37)39-23(11-19-7-3-1-4-8-19)27-15-29-33(43-27)21-13-26-22(14-25(21)41-29)34-30(42-26)16-28(44-34)24(40-32(38)18-36)12-20-9-5-2-6-10-20/h1-10,13-16,23-24,31,37H,11-12,17-18H2. The SMILES string of the molecule is O=C(CCl)OC(Cc1ccccc1)c1cc2sc3cc4c(cc3c2s1)sc1cc(C(Cc2ccccc2)OC(O)CCl)sc14. The molecule has 3 aromatic carbocycles. The smallest absolute Gasteiger partial charge is 0.321 e. The number of hydrogen-bond acceptors (Lipinski definition) is 8. The predicted octanol–water partition coefficient (Wildman–Crippen LogP) is 10.5. The molecule has 10 heteroatoms. The van der Waals surface area contributed by atoms with Crippen molar-refractivity contribution in [3.8, 4) is 0 Å². The molecule has 0 aliphatic heterocycles. The number of esters is 1. The van der Waals surface area contributed by atoms with Crippen molar-refractivity contribution in [1.82, 2.24) is 0 Å². The van der Waals surface area contributed by atoms with Crippen LogP contribution >= 0.6 is 68.5 Å². The number of alkyl halides is 2. The lowest BCUT2D eigenvalue weighted by Crippen LogP contribution is -2.18. The van der Waals surface area contributed by atoms with Gasteiger partial charge in [0, 0.05) is 52.2 Å². The third-order valence-corrected chi connectivity index (χ3v) is 12.9. The normalized spacial score (nSPS) is 14.1. The van der Waals surface area contributed by atoms with Crippen LogP contribution < -0.4 is 0 Å². The average molecular weight is 698 g/mol. The zero-order valence-corrected chi connectivity index (χ0v) is 28.0. The van der Waals surface area contributed by atoms with Gasteiger partial charge < -0.3 is 14.6 Å². The molecule has 1 N–H and O–H groups in total. The summed E-state index contributed by atoms with van der Waals surface area (Å²) in [4.78, 5) is 14.3. The van der Waals surface area contributed by atoms with Crippen LogP contribution in [0.1, 0.15) is 33.1 Å². The number of aliphatic hydroxyl groups is 1. The van der Waals surface area contributed by atoms with Crippen molar-refractivity contribution >= 4 is 113 Å². The van der Waals surface area contributed by atoms with Crippen LogP contribution in [0.4, 0.5) is 0 Å². The van der Waals surface area contributed by atoms with Crippen LogP contribution in [0.25, 0.3) is 39.0 Å². The highest BCUT2D eigenvalue weighted by Gasteiger charge is 2.24. The molecule has 0 spiro atoms. The lowest BCUT2D eigenvalue weighted by atomic mass is 10.1. The molecule has 7 rings (SSSR count). The first-order valence-corrected chi connectivity index (χ1v) is 18.4. The fourth-order valence-corrected chi connectivity index (χ4v) is 10.7. The number of aliphatic hydroxyl groups excluding tert-OH is 1. The molecule has 44 heavy (non-hydrogen) atoms. The molecule has 3 atom stereocenters. The minimum Gasteiger partial charge on any atom is -0.455 e. The van der Waals surface area contributed by atoms with E-state index in [0.717, 1.165) is 20.9 Å². The molecule has 0 saturated heterocycles. The van der Waals surface area contributed by atoms with Crippen LogP contribution in [0.3, 0.4) is 0 Å². The molecule has 0 radical (unpaired) electrons. The molecule has 4 heterocycles. The van der Waals surface area contributed by atoms with E-state index in [-0.39, 0.29) is 24.0 Å². The second-order valence-electron chi connectivity index (χ2n) is 10.5. The second kappa shape index (κ2) is 13.1. The van der Waals surface area contributed by atoms with Gasteiger partial charge in [0.25, 0.3) is 0 Å². The fraction of sp³-hybridized carbons (Fsp3) is 0.206. The van der Waals surface area contributed by atoms with E-state index in [1.165, 1.54) is 39.0 Å². The summed E-state index contributed by atoms with van der Waals surface area (Å²) in [7, 11) is 0. The third-order valence-electron chi connectivity index (χ3n) is 7.44. The summed E-state index contributed by atoms with van der Waals surface area (Å²) in [6.07, 6.45) is -0.464. The van der Waals surface area contributed by atoms with Crippen LogP contribution in [0.15, 0.2) is 84.9 Å². The van der Waals surface area contributed by atoms with E-state index in [4.69, 9.17) is 32.7 Å². The summed E-state index contributed by atoms with van der Waals surface area (Å²) in [6.45, 7) is 0. The lowest BCUT2D eigenvalue weighted by Gasteiger charge is -2.19. The quantitative estimate of drug-likeness (QED) is 0.0831. The van der Waals surface area contributed by atoms with Crippen molar-refractivity contribution in [1.29, 1.82) is 0 Å². The zero-order valence-electron chi connectivity index (χ0n) is 23.2. The Morgan fingerprint density at radius 3 is 1.68 bits per heavy atom. The maximum atomic E-state index is 12.2. The van der Waals surface area contributed by atoms with Crippen LogP contribution in [0, 0.1) is 0 Å². The van der Waals surface area contributed by atoms with Gasteiger partial charge in [-0.05, 0) is 35.4 Å². The van der Waals surface area contributed by atoms with Crippen molar-refractivity contribution in [2.45, 2.75) is 31.3 Å². The van der Waals surface area contributed by atoms with Gasteiger partial charge in [-0.3, -0.25) is 4.79 Å². The van der Waals surface area contributed by atoms with Crippen LogP contribution in [0.2, 0.25) is 0 Å². The van der Waals surface area contributed by atoms with Gasteiger partial charge >= 0.3 is 5.97 Å². The molecule has 0 aliphatic carbocycles. The highest BCUT2D eigenvalue weighted by atomic mass is 35.5. The molecule has 4 nitrogen and oxygen atoms in total. The number of carbonyl (C=O) groups is 1. The summed E-state index contributed by atoms with van der Waals surface area (Å²) < 4.78 is 19.1. The van der Waals surface area contributed by atoms with Crippen molar-refractivity contribution in [2.24, 2.45) is 0 Å². The first-order valence-electron chi connectivity index (χ1n) is 14.0. The molecule has 3 unspecified atom stereocenters. The molecule has 0 aliphatic rings. The van der Waals surface area contributed by atoms with Gasteiger partial charge in [-0.15, -0.1) is 68.5 Å². The van der Waals surface area contributed by atoms with Crippen molar-refractivity contribution in [3.05, 3.63) is 106 Å². The number of hydrogen-bond donors (Lipinski definition) is 1. The fourth-order valence-electron chi connectivity index (χ4n) is 5.44. The Hall–Kier alpha value is -2.53. The van der Waals surface area contributed by atoms with Crippen molar-refractivity contribution in [3.63, 3.8) is 0 Å². The number of rotatable bonds is 11. The van der Waals surface area contributed by atoms with Gasteiger partial charge in [0.05, 0.1) is 21.4 Å². The molecule has 7 aromatic rings. The van der Waals surface area contributed by atoms with E-state index >= 15 is 0 Å². The summed E-state index contributed by atoms with van der Waals surface area (Å²) in [6, 6.07) is 29.2. The zero-order chi connectivity index (χ0) is 30.2. The minimum absolute atomic E-state index is 0.0192. The Labute approximate surface area is 280 Å². The van der Waals surface area contributed by atoms with Crippen LogP contribution in [-0.4, -0.2) is 29.1 Å². The van der Waals surface area contributed by atoms with Gasteiger partial charge in [0.1, 0.15) is 12.0 Å². The summed E-state index contributed by atoms with van der Waals surface area (Å²) >= 11 is 18.7. The van der Waals surface area contributed by atoms with E-state index in [9.17, 15) is 9.90 Å². The van der Waals surface area contributed by atoms with Gasteiger partial charge in [-0.25, -0.2) is 0 Å². The van der Waals surface area contributed by atoms with Gasteiger partial charge in [-0.1, -0.05) is 60.7 Å². The summed E-state index contributed by atoms with van der Waals surface area (Å²) in [5.74, 6) is -0.566. The number of fused-ring (bicyclic) bond motifs is 6. The Bertz CT molecular complexity index is 2060. The number of halogens is 2. The number of benzene rings is 3. The first kappa shape index (κ1) is 30.1. The third kappa shape index (κ3) is 6.15. The number of thiophene rings is 4. The first-order chi connectivity index (χ1) is 21.5. The number of ether oxygens (including phenoxy) is 2. The Balaban J connectivity index is 1.24.